The third-order valence-electron chi connectivity index (χ3n) is 1.16. The number of hydrogen-bond donors (Lipinski definition) is 3. The molecule has 1 amide bonds. The van der Waals surface area contributed by atoms with Crippen LogP contribution in [-0.2, 0) is 9.59 Å². The number of amides is 1. The van der Waals surface area contributed by atoms with E-state index in [9.17, 15) is 9.59 Å². The van der Waals surface area contributed by atoms with Gasteiger partial charge in [-0.15, -0.1) is 0 Å². The van der Waals surface area contributed by atoms with Crippen molar-refractivity contribution in [3.63, 3.8) is 0 Å². The number of carboxylic acids is 1. The number of rotatable bonds is 4. The van der Waals surface area contributed by atoms with Crippen molar-refractivity contribution < 1.29 is 19.8 Å². The van der Waals surface area contributed by atoms with Crippen molar-refractivity contribution in [1.29, 1.82) is 0 Å². The van der Waals surface area contributed by atoms with E-state index in [1.807, 2.05) is 0 Å². The van der Waals surface area contributed by atoms with Gasteiger partial charge in [0.2, 0.25) is 5.91 Å². The molecule has 0 heterocycles. The summed E-state index contributed by atoms with van der Waals surface area (Å²) < 4.78 is 0. The molecule has 0 aliphatic carbocycles. The van der Waals surface area contributed by atoms with E-state index in [0.29, 0.717) is 0 Å². The number of nitrogens with one attached hydrogen (secondary N) is 1. The van der Waals surface area contributed by atoms with Crippen molar-refractivity contribution in [3.05, 3.63) is 0 Å². The monoisotopic (exact) mass is 239 g/mol. The van der Waals surface area contributed by atoms with Crippen LogP contribution in [0.4, 0.5) is 0 Å². The van der Waals surface area contributed by atoms with E-state index >= 15 is 0 Å². The van der Waals surface area contributed by atoms with Crippen molar-refractivity contribution in [3.8, 4) is 0 Å². The van der Waals surface area contributed by atoms with E-state index in [4.69, 9.17) is 10.2 Å². The molecule has 5 nitrogen and oxygen atoms in total. The van der Waals surface area contributed by atoms with Crippen LogP contribution < -0.4 is 5.32 Å². The first-order valence-electron chi connectivity index (χ1n) is 3.27. The quantitative estimate of drug-likeness (QED) is 0.569. The molecule has 0 rings (SSSR count). The normalized spacial score (nSPS) is 14.9. The van der Waals surface area contributed by atoms with Gasteiger partial charge in [-0.3, -0.25) is 4.79 Å². The first kappa shape index (κ1) is 11.4. The number of aliphatic carboxylic acids is 1. The molecule has 0 spiro atoms. The molecule has 0 aromatic heterocycles. The average molecular weight is 240 g/mol. The minimum atomic E-state index is -1.25. The first-order valence-corrected chi connectivity index (χ1v) is 4.18. The Hall–Kier alpha value is -0.620. The van der Waals surface area contributed by atoms with Gasteiger partial charge in [-0.05, 0) is 6.92 Å². The van der Waals surface area contributed by atoms with Gasteiger partial charge in [0.25, 0.3) is 0 Å². The number of carbonyl (C=O) groups is 2. The standard InChI is InChI=1S/C6H10BrNO4/c1-3(7)5(10)8-4(2-9)6(11)12/h3-4,9H,2H2,1H3,(H,8,10)(H,11,12)/t3-,4+/m1/s1. The maximum absolute atomic E-state index is 10.9. The Labute approximate surface area is 77.9 Å². The van der Waals surface area contributed by atoms with Crippen molar-refractivity contribution in [1.82, 2.24) is 5.32 Å². The van der Waals surface area contributed by atoms with Crippen LogP contribution in [0, 0.1) is 0 Å². The zero-order valence-electron chi connectivity index (χ0n) is 6.45. The van der Waals surface area contributed by atoms with Gasteiger partial charge < -0.3 is 15.5 Å². The number of carbonyl (C=O) groups excluding carboxylic acids is 1. The summed E-state index contributed by atoms with van der Waals surface area (Å²) in [6, 6.07) is -1.22. The van der Waals surface area contributed by atoms with E-state index < -0.39 is 29.4 Å². The summed E-state index contributed by atoms with van der Waals surface area (Å²) in [5.74, 6) is -1.71. The van der Waals surface area contributed by atoms with Gasteiger partial charge in [0.05, 0.1) is 11.4 Å². The highest BCUT2D eigenvalue weighted by Crippen LogP contribution is 1.97. The zero-order valence-corrected chi connectivity index (χ0v) is 8.04. The number of halogens is 1. The maximum Gasteiger partial charge on any atom is 0.328 e. The van der Waals surface area contributed by atoms with Gasteiger partial charge >= 0.3 is 5.97 Å². The predicted molar refractivity (Wildman–Crippen MR) is 45.0 cm³/mol. The van der Waals surface area contributed by atoms with Gasteiger partial charge in [-0.2, -0.15) is 0 Å². The Kier molecular flexibility index (Phi) is 4.84. The lowest BCUT2D eigenvalue weighted by molar-refractivity contribution is -0.142. The molecule has 0 aromatic carbocycles. The Balaban J connectivity index is 4.03. The lowest BCUT2D eigenvalue weighted by atomic mass is 10.3. The fourth-order valence-corrected chi connectivity index (χ4v) is 0.604. The fourth-order valence-electron chi connectivity index (χ4n) is 0.472. The van der Waals surface area contributed by atoms with Crippen LogP contribution in [0.3, 0.4) is 0 Å². The molecule has 0 aromatic rings. The number of aliphatic hydroxyl groups is 1. The van der Waals surface area contributed by atoms with Crippen LogP contribution in [0.5, 0.6) is 0 Å². The van der Waals surface area contributed by atoms with Crippen LogP contribution in [0.2, 0.25) is 0 Å². The number of aliphatic hydroxyl groups excluding tert-OH is 1. The second-order valence-corrected chi connectivity index (χ2v) is 3.57. The summed E-state index contributed by atoms with van der Waals surface area (Å²) in [5.41, 5.74) is 0. The van der Waals surface area contributed by atoms with E-state index in [1.54, 1.807) is 6.92 Å². The summed E-state index contributed by atoms with van der Waals surface area (Å²) in [5, 5.41) is 19.1. The molecule has 0 saturated heterocycles. The number of hydrogen-bond acceptors (Lipinski definition) is 3. The molecule has 3 N–H and O–H groups in total. The molecule has 6 heteroatoms. The number of carboxylic acid groups (broad SMARTS) is 1. The van der Waals surface area contributed by atoms with E-state index in [-0.39, 0.29) is 0 Å². The molecule has 0 fully saturated rings. The molecule has 70 valence electrons. The third-order valence-corrected chi connectivity index (χ3v) is 1.57. The molecule has 0 aliphatic heterocycles. The molecule has 0 unspecified atom stereocenters. The minimum Gasteiger partial charge on any atom is -0.480 e. The molecule has 2 atom stereocenters. The van der Waals surface area contributed by atoms with Crippen LogP contribution in [0.25, 0.3) is 0 Å². The SMILES string of the molecule is C[C@@H](Br)C(=O)N[C@@H](CO)C(=O)O. The van der Waals surface area contributed by atoms with Crippen LogP contribution in [0.1, 0.15) is 6.92 Å². The molecular formula is C6H10BrNO4. The van der Waals surface area contributed by atoms with E-state index in [1.165, 1.54) is 0 Å². The van der Waals surface area contributed by atoms with Crippen LogP contribution in [-0.4, -0.2) is 39.6 Å². The topological polar surface area (TPSA) is 86.6 Å². The van der Waals surface area contributed by atoms with Gasteiger partial charge in [-0.1, -0.05) is 15.9 Å². The molecule has 0 bridgehead atoms. The van der Waals surface area contributed by atoms with Gasteiger partial charge in [0.1, 0.15) is 6.04 Å². The predicted octanol–water partition coefficient (Wildman–Crippen LogP) is -0.669. The van der Waals surface area contributed by atoms with Gasteiger partial charge in [0, 0.05) is 0 Å². The second-order valence-electron chi connectivity index (χ2n) is 2.20. The van der Waals surface area contributed by atoms with Crippen molar-refractivity contribution in [2.24, 2.45) is 0 Å². The van der Waals surface area contributed by atoms with Gasteiger partial charge in [-0.25, -0.2) is 4.79 Å². The average Bonchev–Trinajstić information content (AvgIpc) is 1.98. The van der Waals surface area contributed by atoms with E-state index in [2.05, 4.69) is 21.2 Å². The van der Waals surface area contributed by atoms with Crippen LogP contribution in [0.15, 0.2) is 0 Å². The highest BCUT2D eigenvalue weighted by molar-refractivity contribution is 9.10. The summed E-state index contributed by atoms with van der Waals surface area (Å²) in [6.07, 6.45) is 0. The molecule has 0 radical (unpaired) electrons. The third kappa shape index (κ3) is 3.68. The van der Waals surface area contributed by atoms with Crippen molar-refractivity contribution >= 4 is 27.8 Å². The summed E-state index contributed by atoms with van der Waals surface area (Å²) in [7, 11) is 0. The molecule has 12 heavy (non-hydrogen) atoms. The van der Waals surface area contributed by atoms with Gasteiger partial charge in [0.15, 0.2) is 0 Å². The minimum absolute atomic E-state index is 0.462. The Morgan fingerprint density at radius 1 is 1.58 bits per heavy atom. The molecule has 0 aliphatic rings. The smallest absolute Gasteiger partial charge is 0.328 e. The van der Waals surface area contributed by atoms with E-state index in [0.717, 1.165) is 0 Å². The highest BCUT2D eigenvalue weighted by atomic mass is 79.9. The molecular weight excluding hydrogens is 230 g/mol. The zero-order chi connectivity index (χ0) is 9.72. The Bertz CT molecular complexity index is 182. The lowest BCUT2D eigenvalue weighted by Gasteiger charge is -2.12. The lowest BCUT2D eigenvalue weighted by Crippen LogP contribution is -2.45. The maximum atomic E-state index is 10.9. The Morgan fingerprint density at radius 2 is 2.08 bits per heavy atom. The summed E-state index contributed by atoms with van der Waals surface area (Å²) in [6.45, 7) is 0.951. The Morgan fingerprint density at radius 3 is 2.33 bits per heavy atom. The largest absolute Gasteiger partial charge is 0.480 e. The van der Waals surface area contributed by atoms with Crippen LogP contribution >= 0.6 is 15.9 Å². The highest BCUT2D eigenvalue weighted by Gasteiger charge is 2.20. The van der Waals surface area contributed by atoms with Crippen molar-refractivity contribution in [2.45, 2.75) is 17.8 Å². The number of alkyl halides is 1. The summed E-state index contributed by atoms with van der Waals surface area (Å²) in [4.78, 5) is 20.7. The summed E-state index contributed by atoms with van der Waals surface area (Å²) >= 11 is 2.96. The fraction of sp³-hybridized carbons (Fsp3) is 0.667. The second kappa shape index (κ2) is 5.10. The molecule has 0 saturated carbocycles. The van der Waals surface area contributed by atoms with Crippen molar-refractivity contribution in [2.75, 3.05) is 6.61 Å². The first-order chi connectivity index (χ1) is 5.49.